The summed E-state index contributed by atoms with van der Waals surface area (Å²) in [7, 11) is 0. The average Bonchev–Trinajstić information content (AvgIpc) is 2.40. The van der Waals surface area contributed by atoms with Crippen molar-refractivity contribution in [3.8, 4) is 0 Å². The highest BCUT2D eigenvalue weighted by atomic mass is 35.5. The molecule has 2 rings (SSSR count). The van der Waals surface area contributed by atoms with Crippen molar-refractivity contribution in [1.29, 1.82) is 0 Å². The lowest BCUT2D eigenvalue weighted by Crippen LogP contribution is -2.34. The first-order valence-electron chi connectivity index (χ1n) is 6.94. The predicted octanol–water partition coefficient (Wildman–Crippen LogP) is 4.72. The highest BCUT2D eigenvalue weighted by molar-refractivity contribution is 6.17. The van der Waals surface area contributed by atoms with Crippen LogP contribution in [0.4, 0.5) is 14.5 Å². The number of rotatable bonds is 4. The Balaban J connectivity index is 2.11. The van der Waals surface area contributed by atoms with Gasteiger partial charge in [-0.2, -0.15) is 0 Å². The maximum Gasteiger partial charge on any atom is 0.149 e. The van der Waals surface area contributed by atoms with Crippen LogP contribution in [0.25, 0.3) is 0 Å². The highest BCUT2D eigenvalue weighted by Gasteiger charge is 2.23. The van der Waals surface area contributed by atoms with E-state index in [9.17, 15) is 8.78 Å². The minimum absolute atomic E-state index is 0.115. The van der Waals surface area contributed by atoms with Crippen LogP contribution in [0.2, 0.25) is 0 Å². The molecular formula is C15H20ClF2N. The Hall–Kier alpha value is -0.830. The molecule has 1 aromatic carbocycles. The van der Waals surface area contributed by atoms with Crippen LogP contribution in [-0.2, 0) is 5.88 Å². The zero-order chi connectivity index (χ0) is 13.8. The molecule has 0 amide bonds. The molecule has 1 aromatic rings. The molecule has 1 saturated heterocycles. The summed E-state index contributed by atoms with van der Waals surface area (Å²) in [6.07, 6.45) is 4.43. The maximum atomic E-state index is 14.0. The van der Waals surface area contributed by atoms with Gasteiger partial charge < -0.3 is 4.90 Å². The molecule has 1 aliphatic heterocycles. The first-order valence-corrected chi connectivity index (χ1v) is 7.48. The zero-order valence-electron chi connectivity index (χ0n) is 11.3. The molecule has 0 radical (unpaired) electrons. The number of piperidine rings is 1. The third-order valence-corrected chi connectivity index (χ3v) is 4.17. The first kappa shape index (κ1) is 14.6. The number of alkyl halides is 1. The summed E-state index contributed by atoms with van der Waals surface area (Å²) in [6.45, 7) is 3.65. The second kappa shape index (κ2) is 6.56. The van der Waals surface area contributed by atoms with Gasteiger partial charge in [0.2, 0.25) is 0 Å². The van der Waals surface area contributed by atoms with Crippen LogP contribution >= 0.6 is 11.6 Å². The van der Waals surface area contributed by atoms with Gasteiger partial charge in [-0.3, -0.25) is 0 Å². The molecule has 1 fully saturated rings. The van der Waals surface area contributed by atoms with Crippen LogP contribution in [0.15, 0.2) is 12.1 Å². The second-order valence-corrected chi connectivity index (χ2v) is 5.53. The van der Waals surface area contributed by atoms with Gasteiger partial charge >= 0.3 is 0 Å². The predicted molar refractivity (Wildman–Crippen MR) is 75.8 cm³/mol. The van der Waals surface area contributed by atoms with E-state index in [2.05, 4.69) is 6.92 Å². The molecule has 0 unspecified atom stereocenters. The lowest BCUT2D eigenvalue weighted by molar-refractivity contribution is 0.374. The zero-order valence-corrected chi connectivity index (χ0v) is 12.0. The summed E-state index contributed by atoms with van der Waals surface area (Å²) < 4.78 is 28.0. The normalized spacial score (nSPS) is 16.9. The minimum Gasteiger partial charge on any atom is -0.367 e. The van der Waals surface area contributed by atoms with Crippen LogP contribution in [0.1, 0.15) is 38.2 Å². The van der Waals surface area contributed by atoms with Crippen molar-refractivity contribution in [2.75, 3.05) is 18.0 Å². The molecule has 0 saturated carbocycles. The number of nitrogens with zero attached hydrogens (tertiary/aromatic N) is 1. The summed E-state index contributed by atoms with van der Waals surface area (Å²) >= 11 is 5.62. The maximum absolute atomic E-state index is 14.0. The topological polar surface area (TPSA) is 3.24 Å². The second-order valence-electron chi connectivity index (χ2n) is 5.26. The molecule has 0 atom stereocenters. The molecule has 0 spiro atoms. The van der Waals surface area contributed by atoms with E-state index in [1.54, 1.807) is 0 Å². The molecule has 0 bridgehead atoms. The van der Waals surface area contributed by atoms with Gasteiger partial charge in [-0.05, 0) is 36.5 Å². The van der Waals surface area contributed by atoms with Crippen molar-refractivity contribution in [3.63, 3.8) is 0 Å². The standard InChI is InChI=1S/C15H20ClF2N/c1-2-3-11-4-6-19(7-5-11)15-13(17)8-12(10-16)9-14(15)18/h8-9,11H,2-7,10H2,1H3. The van der Waals surface area contributed by atoms with Gasteiger partial charge in [0.15, 0.2) is 0 Å². The number of hydrogen-bond acceptors (Lipinski definition) is 1. The summed E-state index contributed by atoms with van der Waals surface area (Å²) in [5.41, 5.74) is 0.602. The van der Waals surface area contributed by atoms with Crippen LogP contribution in [0, 0.1) is 17.6 Å². The van der Waals surface area contributed by atoms with Crippen molar-refractivity contribution in [2.45, 2.75) is 38.5 Å². The molecular weight excluding hydrogens is 268 g/mol. The lowest BCUT2D eigenvalue weighted by Gasteiger charge is -2.34. The van der Waals surface area contributed by atoms with E-state index in [-0.39, 0.29) is 11.6 Å². The van der Waals surface area contributed by atoms with Crippen molar-refractivity contribution >= 4 is 17.3 Å². The van der Waals surface area contributed by atoms with Gasteiger partial charge in [0.05, 0.1) is 0 Å². The monoisotopic (exact) mass is 287 g/mol. The lowest BCUT2D eigenvalue weighted by atomic mass is 9.92. The number of anilines is 1. The quantitative estimate of drug-likeness (QED) is 0.724. The molecule has 106 valence electrons. The van der Waals surface area contributed by atoms with Gasteiger partial charge in [0.25, 0.3) is 0 Å². The van der Waals surface area contributed by atoms with Gasteiger partial charge in [0, 0.05) is 19.0 Å². The van der Waals surface area contributed by atoms with Crippen LogP contribution in [0.5, 0.6) is 0 Å². The van der Waals surface area contributed by atoms with Gasteiger partial charge in [-0.15, -0.1) is 11.6 Å². The molecule has 4 heteroatoms. The molecule has 1 aliphatic rings. The van der Waals surface area contributed by atoms with Crippen molar-refractivity contribution in [1.82, 2.24) is 0 Å². The Labute approximate surface area is 118 Å². The fourth-order valence-corrected chi connectivity index (χ4v) is 3.01. The van der Waals surface area contributed by atoms with E-state index in [0.717, 1.165) is 25.9 Å². The van der Waals surface area contributed by atoms with E-state index < -0.39 is 11.6 Å². The van der Waals surface area contributed by atoms with E-state index in [4.69, 9.17) is 11.6 Å². The summed E-state index contributed by atoms with van der Waals surface area (Å²) in [4.78, 5) is 1.83. The summed E-state index contributed by atoms with van der Waals surface area (Å²) in [6, 6.07) is 2.67. The molecule has 1 nitrogen and oxygen atoms in total. The molecule has 0 aliphatic carbocycles. The Kier molecular flexibility index (Phi) is 5.03. The van der Waals surface area contributed by atoms with E-state index in [1.807, 2.05) is 4.90 Å². The van der Waals surface area contributed by atoms with Gasteiger partial charge in [-0.25, -0.2) is 8.78 Å². The third kappa shape index (κ3) is 3.38. The Morgan fingerprint density at radius 2 is 1.79 bits per heavy atom. The van der Waals surface area contributed by atoms with Crippen molar-refractivity contribution < 1.29 is 8.78 Å². The average molecular weight is 288 g/mol. The van der Waals surface area contributed by atoms with Crippen LogP contribution in [-0.4, -0.2) is 13.1 Å². The molecule has 1 heterocycles. The Morgan fingerprint density at radius 1 is 1.21 bits per heavy atom. The summed E-state index contributed by atoms with van der Waals surface area (Å²) in [5, 5.41) is 0. The molecule has 19 heavy (non-hydrogen) atoms. The van der Waals surface area contributed by atoms with E-state index in [0.29, 0.717) is 11.5 Å². The largest absolute Gasteiger partial charge is 0.367 e. The van der Waals surface area contributed by atoms with Crippen molar-refractivity contribution in [2.24, 2.45) is 5.92 Å². The van der Waals surface area contributed by atoms with E-state index in [1.165, 1.54) is 25.0 Å². The smallest absolute Gasteiger partial charge is 0.149 e. The first-order chi connectivity index (χ1) is 9.15. The highest BCUT2D eigenvalue weighted by Crippen LogP contribution is 2.30. The van der Waals surface area contributed by atoms with Gasteiger partial charge in [0.1, 0.15) is 17.3 Å². The van der Waals surface area contributed by atoms with Crippen molar-refractivity contribution in [3.05, 3.63) is 29.3 Å². The molecule has 0 N–H and O–H groups in total. The number of halogens is 3. The fraction of sp³-hybridized carbons (Fsp3) is 0.600. The number of benzene rings is 1. The Bertz CT molecular complexity index is 405. The minimum atomic E-state index is -0.496. The fourth-order valence-electron chi connectivity index (χ4n) is 2.85. The number of hydrogen-bond donors (Lipinski definition) is 0. The van der Waals surface area contributed by atoms with Gasteiger partial charge in [-0.1, -0.05) is 19.8 Å². The van der Waals surface area contributed by atoms with Crippen LogP contribution in [0.3, 0.4) is 0 Å². The summed E-state index contributed by atoms with van der Waals surface area (Å²) in [5.74, 6) is -0.157. The third-order valence-electron chi connectivity index (χ3n) is 3.86. The van der Waals surface area contributed by atoms with E-state index >= 15 is 0 Å². The molecule has 0 aromatic heterocycles. The SMILES string of the molecule is CCCC1CCN(c2c(F)cc(CCl)cc2F)CC1. The Morgan fingerprint density at radius 3 is 2.26 bits per heavy atom. The van der Waals surface area contributed by atoms with Crippen LogP contribution < -0.4 is 4.90 Å².